The van der Waals surface area contributed by atoms with Crippen LogP contribution in [0.3, 0.4) is 0 Å². The molecule has 2 aliphatic heterocycles. The predicted octanol–water partition coefficient (Wildman–Crippen LogP) is 3.85. The number of ether oxygens (including phenoxy) is 3. The fraction of sp³-hybridized carbons (Fsp3) is 0.500. The summed E-state index contributed by atoms with van der Waals surface area (Å²) in [5.74, 6) is 1.09. The Hall–Kier alpha value is -2.77. The molecular weight excluding hydrogens is 552 g/mol. The van der Waals surface area contributed by atoms with Crippen molar-refractivity contribution in [1.82, 2.24) is 14.2 Å². The molecule has 2 aromatic carbocycles. The summed E-state index contributed by atoms with van der Waals surface area (Å²) >= 11 is 1.42. The van der Waals surface area contributed by atoms with Crippen LogP contribution >= 0.6 is 11.3 Å². The van der Waals surface area contributed by atoms with Gasteiger partial charge in [0, 0.05) is 43.9 Å². The molecule has 0 spiro atoms. The van der Waals surface area contributed by atoms with Crippen LogP contribution in [0.25, 0.3) is 10.2 Å². The summed E-state index contributed by atoms with van der Waals surface area (Å²) < 4.78 is 46.1. The number of carbonyl (C=O) groups excluding carboxylic acids is 1. The summed E-state index contributed by atoms with van der Waals surface area (Å²) in [7, 11) is -3.71. The Bertz CT molecular complexity index is 1400. The smallest absolute Gasteiger partial charge is 0.260 e. The maximum Gasteiger partial charge on any atom is 0.260 e. The zero-order valence-electron chi connectivity index (χ0n) is 23.3. The molecule has 1 aromatic heterocycles. The van der Waals surface area contributed by atoms with Crippen molar-refractivity contribution in [2.45, 2.75) is 44.8 Å². The standard InChI is InChI=1S/C28H36N4O6S2/c1-5-30(6-2)11-12-32(28-29-23-15-24-25(16-26(23)39-28)37-14-13-36-24)27(33)21-7-9-22(10-8-21)40(34,35)31-17-19(3)38-20(4)18-31/h7-10,15-16,19-20H,5-6,11-14,17-18H2,1-4H3/t19-,20-/m1/s1. The lowest BCUT2D eigenvalue weighted by molar-refractivity contribution is -0.0440. The molecule has 0 aliphatic carbocycles. The van der Waals surface area contributed by atoms with Crippen molar-refractivity contribution in [3.63, 3.8) is 0 Å². The predicted molar refractivity (Wildman–Crippen MR) is 155 cm³/mol. The molecule has 2 atom stereocenters. The topological polar surface area (TPSA) is 102 Å². The van der Waals surface area contributed by atoms with Gasteiger partial charge in [0.05, 0.1) is 27.3 Å². The van der Waals surface area contributed by atoms with Crippen molar-refractivity contribution in [3.05, 3.63) is 42.0 Å². The number of anilines is 1. The minimum Gasteiger partial charge on any atom is -0.486 e. The Morgan fingerprint density at radius 2 is 1.62 bits per heavy atom. The van der Waals surface area contributed by atoms with Crippen LogP contribution in [0.15, 0.2) is 41.3 Å². The van der Waals surface area contributed by atoms with Crippen LogP contribution in [0, 0.1) is 0 Å². The van der Waals surface area contributed by atoms with Gasteiger partial charge in [-0.2, -0.15) is 4.31 Å². The first-order chi connectivity index (χ1) is 19.2. The Kier molecular flexibility index (Phi) is 8.62. The number of rotatable bonds is 9. The highest BCUT2D eigenvalue weighted by molar-refractivity contribution is 7.89. The number of likely N-dealkylation sites (N-methyl/N-ethyl adjacent to an activating group) is 1. The van der Waals surface area contributed by atoms with E-state index in [4.69, 9.17) is 19.2 Å². The second-order valence-electron chi connectivity index (χ2n) is 10.0. The molecule has 0 radical (unpaired) electrons. The lowest BCUT2D eigenvalue weighted by Gasteiger charge is -2.34. The third-order valence-corrected chi connectivity index (χ3v) is 10.1. The largest absolute Gasteiger partial charge is 0.486 e. The van der Waals surface area contributed by atoms with Crippen LogP contribution in [0.1, 0.15) is 38.1 Å². The summed E-state index contributed by atoms with van der Waals surface area (Å²) in [5, 5.41) is 0.572. The van der Waals surface area contributed by atoms with Crippen LogP contribution in [0.4, 0.5) is 5.13 Å². The summed E-state index contributed by atoms with van der Waals surface area (Å²) in [4.78, 5) is 22.7. The quantitative estimate of drug-likeness (QED) is 0.372. The maximum atomic E-state index is 13.9. The molecule has 1 saturated heterocycles. The lowest BCUT2D eigenvalue weighted by atomic mass is 10.2. The van der Waals surface area contributed by atoms with E-state index in [0.717, 1.165) is 23.3 Å². The third kappa shape index (κ3) is 5.96. The summed E-state index contributed by atoms with van der Waals surface area (Å²) in [6.07, 6.45) is -0.368. The van der Waals surface area contributed by atoms with Crippen molar-refractivity contribution in [3.8, 4) is 11.5 Å². The van der Waals surface area contributed by atoms with Gasteiger partial charge in [0.2, 0.25) is 10.0 Å². The lowest BCUT2D eigenvalue weighted by Crippen LogP contribution is -2.48. The number of benzene rings is 2. The monoisotopic (exact) mass is 588 g/mol. The average Bonchev–Trinajstić information content (AvgIpc) is 3.35. The molecule has 216 valence electrons. The number of carbonyl (C=O) groups is 1. The summed E-state index contributed by atoms with van der Waals surface area (Å²) in [5.41, 5.74) is 1.13. The van der Waals surface area contributed by atoms with E-state index in [1.54, 1.807) is 17.0 Å². The second kappa shape index (κ2) is 12.0. The SMILES string of the molecule is CCN(CC)CCN(C(=O)c1ccc(S(=O)(=O)N2C[C@@H](C)O[C@H](C)C2)cc1)c1nc2cc3c(cc2s1)OCCO3. The van der Waals surface area contributed by atoms with Gasteiger partial charge in [-0.15, -0.1) is 0 Å². The van der Waals surface area contributed by atoms with Gasteiger partial charge in [-0.1, -0.05) is 25.2 Å². The van der Waals surface area contributed by atoms with Gasteiger partial charge >= 0.3 is 0 Å². The van der Waals surface area contributed by atoms with Gasteiger partial charge in [-0.25, -0.2) is 13.4 Å². The Balaban J connectivity index is 1.43. The zero-order chi connectivity index (χ0) is 28.4. The molecule has 12 heteroatoms. The number of aromatic nitrogens is 1. The normalized spacial score (nSPS) is 19.7. The zero-order valence-corrected chi connectivity index (χ0v) is 25.0. The van der Waals surface area contributed by atoms with E-state index in [9.17, 15) is 13.2 Å². The molecule has 0 unspecified atom stereocenters. The molecule has 40 heavy (non-hydrogen) atoms. The molecule has 0 bridgehead atoms. The molecule has 1 fully saturated rings. The Morgan fingerprint density at radius 1 is 1.00 bits per heavy atom. The van der Waals surface area contributed by atoms with Crippen LogP contribution in [-0.4, -0.2) is 93.2 Å². The number of amides is 1. The summed E-state index contributed by atoms with van der Waals surface area (Å²) in [6.45, 7) is 12.3. The van der Waals surface area contributed by atoms with Crippen molar-refractivity contribution >= 4 is 42.6 Å². The van der Waals surface area contributed by atoms with Crippen molar-refractivity contribution < 1.29 is 27.4 Å². The Labute approximate surface area is 239 Å². The first-order valence-electron chi connectivity index (χ1n) is 13.7. The minimum atomic E-state index is -3.71. The molecule has 3 heterocycles. The first-order valence-corrected chi connectivity index (χ1v) is 15.9. The molecule has 5 rings (SSSR count). The van der Waals surface area contributed by atoms with E-state index in [1.165, 1.54) is 27.8 Å². The van der Waals surface area contributed by atoms with E-state index < -0.39 is 10.0 Å². The van der Waals surface area contributed by atoms with Crippen molar-refractivity contribution in [1.29, 1.82) is 0 Å². The second-order valence-corrected chi connectivity index (χ2v) is 13.0. The number of hydrogen-bond donors (Lipinski definition) is 0. The molecular formula is C28H36N4O6S2. The van der Waals surface area contributed by atoms with Gasteiger partial charge in [-0.3, -0.25) is 9.69 Å². The molecule has 3 aromatic rings. The van der Waals surface area contributed by atoms with Gasteiger partial charge in [0.15, 0.2) is 16.6 Å². The highest BCUT2D eigenvalue weighted by Crippen LogP contribution is 2.39. The van der Waals surface area contributed by atoms with Gasteiger partial charge in [0.1, 0.15) is 13.2 Å². The van der Waals surface area contributed by atoms with Gasteiger partial charge in [-0.05, 0) is 51.2 Å². The van der Waals surface area contributed by atoms with E-state index in [-0.39, 0.29) is 23.0 Å². The van der Waals surface area contributed by atoms with E-state index >= 15 is 0 Å². The van der Waals surface area contributed by atoms with Gasteiger partial charge < -0.3 is 19.1 Å². The number of thiazole rings is 1. The average molecular weight is 589 g/mol. The van der Waals surface area contributed by atoms with Crippen LogP contribution in [0.5, 0.6) is 11.5 Å². The fourth-order valence-electron chi connectivity index (χ4n) is 5.03. The number of fused-ring (bicyclic) bond motifs is 2. The third-order valence-electron chi connectivity index (χ3n) is 7.18. The molecule has 0 saturated carbocycles. The number of hydrogen-bond acceptors (Lipinski definition) is 9. The van der Waals surface area contributed by atoms with Crippen LogP contribution in [-0.2, 0) is 14.8 Å². The highest BCUT2D eigenvalue weighted by Gasteiger charge is 2.32. The molecule has 2 aliphatic rings. The number of nitrogens with zero attached hydrogens (tertiary/aromatic N) is 4. The van der Waals surface area contributed by atoms with E-state index in [1.807, 2.05) is 26.0 Å². The Morgan fingerprint density at radius 3 is 2.25 bits per heavy atom. The highest BCUT2D eigenvalue weighted by atomic mass is 32.2. The van der Waals surface area contributed by atoms with Crippen LogP contribution < -0.4 is 14.4 Å². The summed E-state index contributed by atoms with van der Waals surface area (Å²) in [6, 6.07) is 9.95. The molecule has 0 N–H and O–H groups in total. The molecule has 10 nitrogen and oxygen atoms in total. The fourth-order valence-corrected chi connectivity index (χ4v) is 7.63. The maximum absolute atomic E-state index is 13.9. The number of morpholine rings is 1. The molecule has 1 amide bonds. The van der Waals surface area contributed by atoms with Crippen molar-refractivity contribution in [2.75, 3.05) is 57.4 Å². The number of sulfonamides is 1. The minimum absolute atomic E-state index is 0.158. The van der Waals surface area contributed by atoms with Gasteiger partial charge in [0.25, 0.3) is 5.91 Å². The van der Waals surface area contributed by atoms with Crippen molar-refractivity contribution in [2.24, 2.45) is 0 Å². The van der Waals surface area contributed by atoms with E-state index in [0.29, 0.717) is 61.6 Å². The first kappa shape index (κ1) is 28.7. The van der Waals surface area contributed by atoms with Crippen LogP contribution in [0.2, 0.25) is 0 Å². The van der Waals surface area contributed by atoms with E-state index in [2.05, 4.69) is 18.7 Å².